The fourth-order valence-electron chi connectivity index (χ4n) is 3.38. The number of anilines is 1. The predicted octanol–water partition coefficient (Wildman–Crippen LogP) is 7.56. The second-order valence-electron chi connectivity index (χ2n) is 7.17. The lowest BCUT2D eigenvalue weighted by Crippen LogP contribution is -2.31. The smallest absolute Gasteiger partial charge is 0.331 e. The minimum atomic E-state index is -4.40. The van der Waals surface area contributed by atoms with Gasteiger partial charge in [0.15, 0.2) is 5.11 Å². The zero-order valence-corrected chi connectivity index (χ0v) is 18.7. The molecule has 1 aliphatic heterocycles. The Labute approximate surface area is 198 Å². The van der Waals surface area contributed by atoms with E-state index in [1.165, 1.54) is 12.1 Å². The van der Waals surface area contributed by atoms with Crippen molar-refractivity contribution >= 4 is 51.9 Å². The Morgan fingerprint density at radius 2 is 1.47 bits per heavy atom. The van der Waals surface area contributed by atoms with Crippen LogP contribution in [0.15, 0.2) is 77.9 Å². The van der Waals surface area contributed by atoms with E-state index in [1.807, 2.05) is 24.3 Å². The Morgan fingerprint density at radius 1 is 0.906 bits per heavy atom. The first-order chi connectivity index (χ1) is 15.2. The molecular formula is C23H16Cl2F3N3S. The van der Waals surface area contributed by atoms with Crippen LogP contribution in [0.3, 0.4) is 0 Å². The molecule has 0 amide bonds. The lowest BCUT2D eigenvalue weighted by atomic mass is 9.98. The molecule has 1 aliphatic rings. The molecule has 0 aliphatic carbocycles. The molecule has 1 unspecified atom stereocenters. The molecule has 0 fully saturated rings. The first-order valence-corrected chi connectivity index (χ1v) is 10.7. The third kappa shape index (κ3) is 5.06. The molecule has 0 saturated heterocycles. The number of thiocarbonyl (C=S) groups is 1. The topological polar surface area (TPSA) is 27.6 Å². The third-order valence-electron chi connectivity index (χ3n) is 5.01. The zero-order chi connectivity index (χ0) is 22.9. The van der Waals surface area contributed by atoms with Crippen LogP contribution < -0.4 is 5.32 Å². The van der Waals surface area contributed by atoms with Gasteiger partial charge in [-0.2, -0.15) is 18.3 Å². The number of halogens is 5. The van der Waals surface area contributed by atoms with Crippen molar-refractivity contribution in [3.05, 3.63) is 99.5 Å². The molecule has 0 aromatic heterocycles. The molecule has 3 nitrogen and oxygen atoms in total. The van der Waals surface area contributed by atoms with Crippen LogP contribution in [0.5, 0.6) is 0 Å². The summed E-state index contributed by atoms with van der Waals surface area (Å²) in [6.07, 6.45) is -3.82. The van der Waals surface area contributed by atoms with E-state index in [0.29, 0.717) is 22.2 Å². The minimum Gasteiger partial charge on any atom is -0.331 e. The SMILES string of the molecule is FC(F)(F)c1ccc(NC(=S)N2N=C(c3ccc(Cl)cc3)CC2c2ccc(Cl)cc2)cc1. The van der Waals surface area contributed by atoms with E-state index < -0.39 is 11.7 Å². The summed E-state index contributed by atoms with van der Waals surface area (Å²) in [5.41, 5.74) is 2.40. The van der Waals surface area contributed by atoms with Gasteiger partial charge in [0.2, 0.25) is 0 Å². The average Bonchev–Trinajstić information content (AvgIpc) is 3.20. The average molecular weight is 494 g/mol. The van der Waals surface area contributed by atoms with Gasteiger partial charge in [0.05, 0.1) is 17.3 Å². The predicted molar refractivity (Wildman–Crippen MR) is 126 cm³/mol. The van der Waals surface area contributed by atoms with Gasteiger partial charge < -0.3 is 5.32 Å². The van der Waals surface area contributed by atoms with Gasteiger partial charge in [-0.05, 0) is 71.9 Å². The lowest BCUT2D eigenvalue weighted by molar-refractivity contribution is -0.137. The summed E-state index contributed by atoms with van der Waals surface area (Å²) in [5, 5.41) is 10.9. The number of nitrogens with one attached hydrogen (secondary N) is 1. The van der Waals surface area contributed by atoms with Crippen LogP contribution in [0.25, 0.3) is 0 Å². The number of rotatable bonds is 3. The monoisotopic (exact) mass is 493 g/mol. The Kier molecular flexibility index (Phi) is 6.42. The first kappa shape index (κ1) is 22.6. The standard InChI is InChI=1S/C23H16Cl2F3N3S/c24-17-7-1-14(2-8-17)20-13-21(15-3-9-18(25)10-4-15)31(30-20)22(32)29-19-11-5-16(6-12-19)23(26,27)28/h1-12,21H,13H2,(H,29,32). The molecule has 32 heavy (non-hydrogen) atoms. The van der Waals surface area contributed by atoms with Crippen LogP contribution in [-0.4, -0.2) is 15.8 Å². The quantitative estimate of drug-likeness (QED) is 0.381. The van der Waals surface area contributed by atoms with E-state index in [2.05, 4.69) is 5.32 Å². The number of alkyl halides is 3. The molecule has 164 valence electrons. The summed E-state index contributed by atoms with van der Waals surface area (Å²) >= 11 is 17.6. The van der Waals surface area contributed by atoms with Crippen molar-refractivity contribution < 1.29 is 13.2 Å². The Balaban J connectivity index is 1.61. The summed E-state index contributed by atoms with van der Waals surface area (Å²) in [6.45, 7) is 0. The fourth-order valence-corrected chi connectivity index (χ4v) is 3.92. The molecule has 0 saturated carbocycles. The van der Waals surface area contributed by atoms with Crippen molar-refractivity contribution in [1.82, 2.24) is 5.01 Å². The van der Waals surface area contributed by atoms with Gasteiger partial charge in [-0.3, -0.25) is 0 Å². The van der Waals surface area contributed by atoms with Crippen molar-refractivity contribution in [3.8, 4) is 0 Å². The van der Waals surface area contributed by atoms with Crippen molar-refractivity contribution in [2.45, 2.75) is 18.6 Å². The molecular weight excluding hydrogens is 478 g/mol. The van der Waals surface area contributed by atoms with E-state index in [9.17, 15) is 13.2 Å². The van der Waals surface area contributed by atoms with E-state index in [4.69, 9.17) is 40.5 Å². The highest BCUT2D eigenvalue weighted by atomic mass is 35.5. The van der Waals surface area contributed by atoms with Gasteiger partial charge in [-0.1, -0.05) is 47.5 Å². The summed E-state index contributed by atoms with van der Waals surface area (Å²) in [4.78, 5) is 0. The normalized spacial score (nSPS) is 16.1. The van der Waals surface area contributed by atoms with Gasteiger partial charge in [0.1, 0.15) is 0 Å². The number of hydrogen-bond acceptors (Lipinski definition) is 2. The van der Waals surface area contributed by atoms with Crippen LogP contribution in [-0.2, 0) is 6.18 Å². The van der Waals surface area contributed by atoms with Crippen molar-refractivity contribution in [2.24, 2.45) is 5.10 Å². The number of benzene rings is 3. The molecule has 0 spiro atoms. The highest BCUT2D eigenvalue weighted by molar-refractivity contribution is 7.80. The van der Waals surface area contributed by atoms with Crippen molar-refractivity contribution in [2.75, 3.05) is 5.32 Å². The maximum atomic E-state index is 12.8. The molecule has 9 heteroatoms. The molecule has 3 aromatic carbocycles. The van der Waals surface area contributed by atoms with Gasteiger partial charge in [0.25, 0.3) is 0 Å². The third-order valence-corrected chi connectivity index (χ3v) is 5.81. The molecule has 0 radical (unpaired) electrons. The van der Waals surface area contributed by atoms with Crippen molar-refractivity contribution in [1.29, 1.82) is 0 Å². The summed E-state index contributed by atoms with van der Waals surface area (Å²) in [7, 11) is 0. The second kappa shape index (κ2) is 9.10. The largest absolute Gasteiger partial charge is 0.416 e. The fraction of sp³-hybridized carbons (Fsp3) is 0.130. The molecule has 0 bridgehead atoms. The molecule has 1 heterocycles. The van der Waals surface area contributed by atoms with Crippen LogP contribution in [0.2, 0.25) is 10.0 Å². The number of nitrogens with zero attached hydrogens (tertiary/aromatic N) is 2. The Hall–Kier alpha value is -2.61. The molecule has 4 rings (SSSR count). The molecule has 1 atom stereocenters. The van der Waals surface area contributed by atoms with E-state index in [1.54, 1.807) is 29.3 Å². The van der Waals surface area contributed by atoms with Crippen LogP contribution in [0, 0.1) is 0 Å². The van der Waals surface area contributed by atoms with Gasteiger partial charge in [0, 0.05) is 22.2 Å². The van der Waals surface area contributed by atoms with Crippen LogP contribution in [0.4, 0.5) is 18.9 Å². The van der Waals surface area contributed by atoms with Gasteiger partial charge in [-0.25, -0.2) is 5.01 Å². The van der Waals surface area contributed by atoms with Gasteiger partial charge in [-0.15, -0.1) is 0 Å². The first-order valence-electron chi connectivity index (χ1n) is 9.57. The maximum absolute atomic E-state index is 12.8. The summed E-state index contributed by atoms with van der Waals surface area (Å²) in [6, 6.07) is 19.2. The lowest BCUT2D eigenvalue weighted by Gasteiger charge is -2.25. The van der Waals surface area contributed by atoms with E-state index in [-0.39, 0.29) is 11.2 Å². The summed E-state index contributed by atoms with van der Waals surface area (Å²) in [5.74, 6) is 0. The zero-order valence-electron chi connectivity index (χ0n) is 16.4. The maximum Gasteiger partial charge on any atom is 0.416 e. The Morgan fingerprint density at radius 3 is 2.03 bits per heavy atom. The van der Waals surface area contributed by atoms with Crippen LogP contribution >= 0.6 is 35.4 Å². The molecule has 1 N–H and O–H groups in total. The van der Waals surface area contributed by atoms with E-state index in [0.717, 1.165) is 29.0 Å². The second-order valence-corrected chi connectivity index (χ2v) is 8.43. The Bertz CT molecular complexity index is 1150. The number of hydrogen-bond donors (Lipinski definition) is 1. The molecule has 3 aromatic rings. The minimum absolute atomic E-state index is 0.201. The van der Waals surface area contributed by atoms with Gasteiger partial charge >= 0.3 is 6.18 Å². The van der Waals surface area contributed by atoms with E-state index >= 15 is 0 Å². The highest BCUT2D eigenvalue weighted by Crippen LogP contribution is 2.35. The summed E-state index contributed by atoms with van der Waals surface area (Å²) < 4.78 is 38.5. The highest BCUT2D eigenvalue weighted by Gasteiger charge is 2.32. The van der Waals surface area contributed by atoms with Crippen LogP contribution in [0.1, 0.15) is 29.2 Å². The number of hydrazone groups is 1. The van der Waals surface area contributed by atoms with Crippen molar-refractivity contribution in [3.63, 3.8) is 0 Å².